The first-order valence-corrected chi connectivity index (χ1v) is 7.64. The van der Waals surface area contributed by atoms with Crippen LogP contribution in [0.1, 0.15) is 50.2 Å². The van der Waals surface area contributed by atoms with E-state index in [-0.39, 0.29) is 5.41 Å². The average Bonchev–Trinajstić information content (AvgIpc) is 2.41. The Morgan fingerprint density at radius 1 is 1.28 bits per heavy atom. The highest BCUT2D eigenvalue weighted by Gasteiger charge is 2.35. The second kappa shape index (κ2) is 5.62. The summed E-state index contributed by atoms with van der Waals surface area (Å²) < 4.78 is 1.05. The maximum atomic E-state index is 10.5. The number of rotatable bonds is 3. The van der Waals surface area contributed by atoms with Crippen molar-refractivity contribution in [2.24, 2.45) is 5.73 Å². The summed E-state index contributed by atoms with van der Waals surface area (Å²) in [7, 11) is 0. The van der Waals surface area contributed by atoms with Crippen LogP contribution in [0, 0.1) is 0 Å². The minimum Gasteiger partial charge on any atom is -0.507 e. The standard InChI is InChI=1S/C15H22BrNO/c1-2-11-8-12(16)9-13(14(11)18)15(10-17)6-4-3-5-7-15/h8-9,18H,2-7,10,17H2,1H3. The van der Waals surface area contributed by atoms with E-state index in [0.717, 1.165) is 34.9 Å². The highest BCUT2D eigenvalue weighted by Crippen LogP contribution is 2.44. The van der Waals surface area contributed by atoms with E-state index in [1.165, 1.54) is 19.3 Å². The lowest BCUT2D eigenvalue weighted by molar-refractivity contribution is 0.290. The molecule has 18 heavy (non-hydrogen) atoms. The van der Waals surface area contributed by atoms with Crippen molar-refractivity contribution < 1.29 is 5.11 Å². The van der Waals surface area contributed by atoms with Gasteiger partial charge in [-0.15, -0.1) is 0 Å². The number of halogens is 1. The molecule has 0 aromatic heterocycles. The molecule has 1 aromatic rings. The first kappa shape index (κ1) is 13.9. The molecule has 1 aliphatic rings. The Kier molecular flexibility index (Phi) is 4.33. The number of phenolic OH excluding ortho intramolecular Hbond substituents is 1. The summed E-state index contributed by atoms with van der Waals surface area (Å²) in [5, 5.41) is 10.5. The van der Waals surface area contributed by atoms with Crippen LogP contribution in [0.5, 0.6) is 5.75 Å². The molecular weight excluding hydrogens is 290 g/mol. The third-order valence-corrected chi connectivity index (χ3v) is 4.77. The van der Waals surface area contributed by atoms with Crippen molar-refractivity contribution in [3.8, 4) is 5.75 Å². The van der Waals surface area contributed by atoms with Crippen LogP contribution in [0.15, 0.2) is 16.6 Å². The van der Waals surface area contributed by atoms with Crippen LogP contribution in [0.3, 0.4) is 0 Å². The van der Waals surface area contributed by atoms with Gasteiger partial charge in [-0.1, -0.05) is 42.1 Å². The van der Waals surface area contributed by atoms with E-state index < -0.39 is 0 Å². The van der Waals surface area contributed by atoms with Gasteiger partial charge in [-0.3, -0.25) is 0 Å². The number of aromatic hydroxyl groups is 1. The largest absolute Gasteiger partial charge is 0.507 e. The number of hydrogen-bond acceptors (Lipinski definition) is 2. The Bertz CT molecular complexity index is 425. The highest BCUT2D eigenvalue weighted by molar-refractivity contribution is 9.10. The Hall–Kier alpha value is -0.540. The lowest BCUT2D eigenvalue weighted by Crippen LogP contribution is -2.37. The van der Waals surface area contributed by atoms with Gasteiger partial charge in [-0.2, -0.15) is 0 Å². The summed E-state index contributed by atoms with van der Waals surface area (Å²) in [6.07, 6.45) is 6.75. The normalized spacial score (nSPS) is 18.8. The molecule has 0 amide bonds. The van der Waals surface area contributed by atoms with Crippen molar-refractivity contribution in [3.63, 3.8) is 0 Å². The van der Waals surface area contributed by atoms with Gasteiger partial charge in [0.2, 0.25) is 0 Å². The molecule has 0 unspecified atom stereocenters. The fraction of sp³-hybridized carbons (Fsp3) is 0.600. The predicted octanol–water partition coefficient (Wildman–Crippen LogP) is 3.88. The molecule has 0 heterocycles. The second-order valence-electron chi connectivity index (χ2n) is 5.36. The Morgan fingerprint density at radius 3 is 2.50 bits per heavy atom. The van der Waals surface area contributed by atoms with Crippen molar-refractivity contribution in [1.82, 2.24) is 0 Å². The van der Waals surface area contributed by atoms with Gasteiger partial charge in [-0.05, 0) is 37.0 Å². The van der Waals surface area contributed by atoms with E-state index in [2.05, 4.69) is 28.9 Å². The van der Waals surface area contributed by atoms with Crippen molar-refractivity contribution in [2.75, 3.05) is 6.54 Å². The van der Waals surface area contributed by atoms with Crippen LogP contribution in [0.25, 0.3) is 0 Å². The van der Waals surface area contributed by atoms with Gasteiger partial charge in [0.25, 0.3) is 0 Å². The Morgan fingerprint density at radius 2 is 1.94 bits per heavy atom. The third-order valence-electron chi connectivity index (χ3n) is 4.31. The Labute approximate surface area is 118 Å². The fourth-order valence-corrected chi connectivity index (χ4v) is 3.65. The summed E-state index contributed by atoms with van der Waals surface area (Å²) in [5.41, 5.74) is 8.10. The zero-order valence-corrected chi connectivity index (χ0v) is 12.6. The molecular formula is C15H22BrNO. The maximum Gasteiger partial charge on any atom is 0.122 e. The molecule has 0 bridgehead atoms. The molecule has 3 heteroatoms. The molecule has 100 valence electrons. The summed E-state index contributed by atoms with van der Waals surface area (Å²) in [5.74, 6) is 0.466. The monoisotopic (exact) mass is 311 g/mol. The lowest BCUT2D eigenvalue weighted by Gasteiger charge is -2.37. The molecule has 1 aliphatic carbocycles. The zero-order valence-electron chi connectivity index (χ0n) is 11.0. The second-order valence-corrected chi connectivity index (χ2v) is 6.28. The molecule has 0 spiro atoms. The minimum atomic E-state index is -0.0178. The number of benzene rings is 1. The number of hydrogen-bond donors (Lipinski definition) is 2. The SMILES string of the molecule is CCc1cc(Br)cc(C2(CN)CCCCC2)c1O. The molecule has 0 aliphatic heterocycles. The molecule has 0 atom stereocenters. The van der Waals surface area contributed by atoms with Gasteiger partial charge in [-0.25, -0.2) is 0 Å². The van der Waals surface area contributed by atoms with Gasteiger partial charge >= 0.3 is 0 Å². The van der Waals surface area contributed by atoms with Crippen molar-refractivity contribution in [3.05, 3.63) is 27.7 Å². The molecule has 1 aromatic carbocycles. The summed E-state index contributed by atoms with van der Waals surface area (Å²) >= 11 is 3.56. The van der Waals surface area contributed by atoms with Crippen molar-refractivity contribution in [2.45, 2.75) is 50.9 Å². The first-order chi connectivity index (χ1) is 8.63. The van der Waals surface area contributed by atoms with Gasteiger partial charge < -0.3 is 10.8 Å². The molecule has 0 saturated heterocycles. The fourth-order valence-electron chi connectivity index (χ4n) is 3.14. The quantitative estimate of drug-likeness (QED) is 0.890. The molecule has 0 radical (unpaired) electrons. The summed E-state index contributed by atoms with van der Waals surface area (Å²) in [6.45, 7) is 2.70. The van der Waals surface area contributed by atoms with Crippen LogP contribution in [-0.2, 0) is 11.8 Å². The highest BCUT2D eigenvalue weighted by atomic mass is 79.9. The summed E-state index contributed by atoms with van der Waals surface area (Å²) in [4.78, 5) is 0. The number of nitrogens with two attached hydrogens (primary N) is 1. The van der Waals surface area contributed by atoms with Crippen molar-refractivity contribution in [1.29, 1.82) is 0 Å². The van der Waals surface area contributed by atoms with Crippen LogP contribution in [0.4, 0.5) is 0 Å². The average molecular weight is 312 g/mol. The van der Waals surface area contributed by atoms with Gasteiger partial charge in [0.15, 0.2) is 0 Å². The molecule has 3 N–H and O–H groups in total. The van der Waals surface area contributed by atoms with Gasteiger partial charge in [0.05, 0.1) is 0 Å². The number of phenols is 1. The molecule has 1 saturated carbocycles. The smallest absolute Gasteiger partial charge is 0.122 e. The number of aryl methyl sites for hydroxylation is 1. The van der Waals surface area contributed by atoms with Crippen LogP contribution in [0.2, 0.25) is 0 Å². The Balaban J connectivity index is 2.50. The minimum absolute atomic E-state index is 0.0178. The molecule has 1 fully saturated rings. The van der Waals surface area contributed by atoms with E-state index in [4.69, 9.17) is 5.73 Å². The van der Waals surface area contributed by atoms with Crippen LogP contribution >= 0.6 is 15.9 Å². The van der Waals surface area contributed by atoms with E-state index >= 15 is 0 Å². The maximum absolute atomic E-state index is 10.5. The van der Waals surface area contributed by atoms with E-state index in [1.807, 2.05) is 6.07 Å². The molecule has 2 rings (SSSR count). The van der Waals surface area contributed by atoms with Crippen LogP contribution < -0.4 is 5.73 Å². The first-order valence-electron chi connectivity index (χ1n) is 6.85. The van der Waals surface area contributed by atoms with E-state index in [9.17, 15) is 5.11 Å². The topological polar surface area (TPSA) is 46.2 Å². The van der Waals surface area contributed by atoms with Crippen LogP contribution in [-0.4, -0.2) is 11.7 Å². The van der Waals surface area contributed by atoms with Crippen molar-refractivity contribution >= 4 is 15.9 Å². The van der Waals surface area contributed by atoms with Gasteiger partial charge in [0.1, 0.15) is 5.75 Å². The summed E-state index contributed by atoms with van der Waals surface area (Å²) in [6, 6.07) is 4.07. The molecule has 2 nitrogen and oxygen atoms in total. The third kappa shape index (κ3) is 2.43. The lowest BCUT2D eigenvalue weighted by atomic mass is 9.69. The predicted molar refractivity (Wildman–Crippen MR) is 79.0 cm³/mol. The van der Waals surface area contributed by atoms with E-state index in [1.54, 1.807) is 0 Å². The van der Waals surface area contributed by atoms with Gasteiger partial charge in [0, 0.05) is 22.0 Å². The zero-order chi connectivity index (χ0) is 13.2. The van der Waals surface area contributed by atoms with E-state index in [0.29, 0.717) is 12.3 Å².